The predicted molar refractivity (Wildman–Crippen MR) is 57.1 cm³/mol. The topological polar surface area (TPSA) is 72.4 Å². The number of aryl methyl sites for hydroxylation is 1. The molecular weight excluding hydrogens is 230 g/mol. The molecule has 0 bridgehead atoms. The van der Waals surface area contributed by atoms with E-state index in [1.54, 1.807) is 6.92 Å². The lowest BCUT2D eigenvalue weighted by molar-refractivity contribution is -0.145. The van der Waals surface area contributed by atoms with E-state index in [-0.39, 0.29) is 24.2 Å². The number of ether oxygens (including phenoxy) is 1. The number of carbonyl (C=O) groups is 2. The van der Waals surface area contributed by atoms with Crippen LogP contribution in [0.1, 0.15) is 12.2 Å². The van der Waals surface area contributed by atoms with Gasteiger partial charge in [0, 0.05) is 24.5 Å². The molecular formula is C9H11N3O3S. The van der Waals surface area contributed by atoms with Crippen molar-refractivity contribution >= 4 is 28.5 Å². The summed E-state index contributed by atoms with van der Waals surface area (Å²) >= 11 is 1.16. The zero-order chi connectivity index (χ0) is 11.7. The largest absolute Gasteiger partial charge is 0.469 e. The molecule has 86 valence electrons. The molecule has 0 N–H and O–H groups in total. The van der Waals surface area contributed by atoms with Crippen molar-refractivity contribution < 1.29 is 14.3 Å². The maximum absolute atomic E-state index is 11.7. The van der Waals surface area contributed by atoms with Crippen molar-refractivity contribution in [1.29, 1.82) is 0 Å². The summed E-state index contributed by atoms with van der Waals surface area (Å²) in [5.74, 6) is -0.209. The molecule has 1 unspecified atom stereocenters. The molecule has 1 aliphatic rings. The quantitative estimate of drug-likeness (QED) is 0.699. The van der Waals surface area contributed by atoms with Gasteiger partial charge in [0.2, 0.25) is 11.0 Å². The molecule has 1 amide bonds. The van der Waals surface area contributed by atoms with E-state index < -0.39 is 0 Å². The molecule has 1 atom stereocenters. The minimum atomic E-state index is -0.387. The molecule has 6 nitrogen and oxygen atoms in total. The van der Waals surface area contributed by atoms with Gasteiger partial charge < -0.3 is 4.74 Å². The fourth-order valence-electron chi connectivity index (χ4n) is 1.61. The second kappa shape index (κ2) is 4.17. The monoisotopic (exact) mass is 241 g/mol. The van der Waals surface area contributed by atoms with Crippen LogP contribution in [0.4, 0.5) is 5.13 Å². The van der Waals surface area contributed by atoms with E-state index in [1.807, 2.05) is 0 Å². The Bertz CT molecular complexity index is 431. The van der Waals surface area contributed by atoms with Crippen molar-refractivity contribution in [2.24, 2.45) is 5.92 Å². The van der Waals surface area contributed by atoms with Crippen LogP contribution in [0.5, 0.6) is 0 Å². The molecule has 0 aromatic carbocycles. The van der Waals surface area contributed by atoms with Gasteiger partial charge in [-0.15, -0.1) is 0 Å². The van der Waals surface area contributed by atoms with E-state index in [0.29, 0.717) is 17.5 Å². The Balaban J connectivity index is 2.14. The summed E-state index contributed by atoms with van der Waals surface area (Å²) < 4.78 is 8.63. The number of aromatic nitrogens is 2. The summed E-state index contributed by atoms with van der Waals surface area (Å²) in [6, 6.07) is 0. The molecule has 1 aliphatic heterocycles. The maximum atomic E-state index is 11.7. The number of hydrogen-bond donors (Lipinski definition) is 0. The number of esters is 1. The van der Waals surface area contributed by atoms with Crippen molar-refractivity contribution in [2.75, 3.05) is 18.6 Å². The highest BCUT2D eigenvalue weighted by Crippen LogP contribution is 2.26. The van der Waals surface area contributed by atoms with Gasteiger partial charge in [-0.3, -0.25) is 14.5 Å². The Labute approximate surface area is 96.4 Å². The van der Waals surface area contributed by atoms with Crippen molar-refractivity contribution in [2.45, 2.75) is 13.3 Å². The molecule has 0 radical (unpaired) electrons. The maximum Gasteiger partial charge on any atom is 0.311 e. The van der Waals surface area contributed by atoms with Crippen molar-refractivity contribution in [3.8, 4) is 0 Å². The van der Waals surface area contributed by atoms with E-state index >= 15 is 0 Å². The molecule has 1 aromatic rings. The summed E-state index contributed by atoms with van der Waals surface area (Å²) in [6.45, 7) is 2.10. The van der Waals surface area contributed by atoms with Crippen LogP contribution in [0.25, 0.3) is 0 Å². The van der Waals surface area contributed by atoms with Crippen LogP contribution >= 0.6 is 11.5 Å². The van der Waals surface area contributed by atoms with Crippen molar-refractivity contribution in [3.63, 3.8) is 0 Å². The molecule has 7 heteroatoms. The summed E-state index contributed by atoms with van der Waals surface area (Å²) in [4.78, 5) is 28.6. The first-order valence-electron chi connectivity index (χ1n) is 4.80. The van der Waals surface area contributed by atoms with E-state index in [0.717, 1.165) is 11.5 Å². The summed E-state index contributed by atoms with van der Waals surface area (Å²) in [5, 5.41) is 0.550. The number of hydrogen-bond acceptors (Lipinski definition) is 6. The smallest absolute Gasteiger partial charge is 0.311 e. The normalized spacial score (nSPS) is 20.2. The van der Waals surface area contributed by atoms with Gasteiger partial charge in [0.25, 0.3) is 0 Å². The SMILES string of the molecule is COC(=O)C1CC(=O)N(c2nc(C)ns2)C1. The fourth-order valence-corrected chi connectivity index (χ4v) is 2.32. The molecule has 1 fully saturated rings. The number of rotatable bonds is 2. The van der Waals surface area contributed by atoms with Crippen LogP contribution in [0.3, 0.4) is 0 Å². The fraction of sp³-hybridized carbons (Fsp3) is 0.556. The highest BCUT2D eigenvalue weighted by molar-refractivity contribution is 7.09. The summed E-state index contributed by atoms with van der Waals surface area (Å²) in [7, 11) is 1.32. The van der Waals surface area contributed by atoms with Crippen LogP contribution in [0.2, 0.25) is 0 Å². The Hall–Kier alpha value is -1.50. The lowest BCUT2D eigenvalue weighted by Gasteiger charge is -2.11. The zero-order valence-electron chi connectivity index (χ0n) is 8.97. The summed E-state index contributed by atoms with van der Waals surface area (Å²) in [5.41, 5.74) is 0. The third-order valence-electron chi connectivity index (χ3n) is 2.41. The van der Waals surface area contributed by atoms with Gasteiger partial charge in [0.05, 0.1) is 13.0 Å². The standard InChI is InChI=1S/C9H11N3O3S/c1-5-10-9(16-11-5)12-4-6(3-7(12)13)8(14)15-2/h6H,3-4H2,1-2H3. The highest BCUT2D eigenvalue weighted by atomic mass is 32.1. The Morgan fingerprint density at radius 2 is 2.38 bits per heavy atom. The van der Waals surface area contributed by atoms with Crippen LogP contribution in [0, 0.1) is 12.8 Å². The first kappa shape index (κ1) is 11.0. The van der Waals surface area contributed by atoms with E-state index in [2.05, 4.69) is 14.1 Å². The minimum Gasteiger partial charge on any atom is -0.469 e. The molecule has 2 rings (SSSR count). The van der Waals surface area contributed by atoms with E-state index in [4.69, 9.17) is 0 Å². The van der Waals surface area contributed by atoms with Crippen LogP contribution < -0.4 is 4.90 Å². The first-order valence-corrected chi connectivity index (χ1v) is 5.57. The van der Waals surface area contributed by atoms with E-state index in [9.17, 15) is 9.59 Å². The number of amides is 1. The Morgan fingerprint density at radius 1 is 1.62 bits per heavy atom. The summed E-state index contributed by atoms with van der Waals surface area (Å²) in [6.07, 6.45) is 0.186. The van der Waals surface area contributed by atoms with Gasteiger partial charge in [-0.25, -0.2) is 4.98 Å². The molecule has 1 saturated heterocycles. The minimum absolute atomic E-state index is 0.105. The molecule has 0 spiro atoms. The van der Waals surface area contributed by atoms with Crippen LogP contribution in [-0.4, -0.2) is 34.9 Å². The average Bonchev–Trinajstić information content (AvgIpc) is 2.83. The Kier molecular flexibility index (Phi) is 2.86. The second-order valence-corrected chi connectivity index (χ2v) is 4.28. The van der Waals surface area contributed by atoms with Crippen molar-refractivity contribution in [1.82, 2.24) is 9.36 Å². The molecule has 0 saturated carbocycles. The van der Waals surface area contributed by atoms with Gasteiger partial charge in [0.1, 0.15) is 5.82 Å². The number of nitrogens with zero attached hydrogens (tertiary/aromatic N) is 3. The lowest BCUT2D eigenvalue weighted by atomic mass is 10.1. The van der Waals surface area contributed by atoms with E-state index in [1.165, 1.54) is 12.0 Å². The highest BCUT2D eigenvalue weighted by Gasteiger charge is 2.37. The number of carbonyl (C=O) groups excluding carboxylic acids is 2. The van der Waals surface area contributed by atoms with Gasteiger partial charge in [-0.05, 0) is 6.92 Å². The molecule has 16 heavy (non-hydrogen) atoms. The number of anilines is 1. The third kappa shape index (κ3) is 1.90. The van der Waals surface area contributed by atoms with Crippen LogP contribution in [-0.2, 0) is 14.3 Å². The second-order valence-electron chi connectivity index (χ2n) is 3.55. The van der Waals surface area contributed by atoms with Gasteiger partial charge >= 0.3 is 5.97 Å². The van der Waals surface area contributed by atoms with Gasteiger partial charge in [-0.1, -0.05) is 0 Å². The molecule has 1 aromatic heterocycles. The third-order valence-corrected chi connectivity index (χ3v) is 3.24. The first-order chi connectivity index (χ1) is 7.61. The zero-order valence-corrected chi connectivity index (χ0v) is 9.78. The Morgan fingerprint density at radius 3 is 2.94 bits per heavy atom. The van der Waals surface area contributed by atoms with Gasteiger partial charge in [0.15, 0.2) is 0 Å². The van der Waals surface area contributed by atoms with Crippen molar-refractivity contribution in [3.05, 3.63) is 5.82 Å². The molecule has 2 heterocycles. The van der Waals surface area contributed by atoms with Gasteiger partial charge in [-0.2, -0.15) is 4.37 Å². The number of methoxy groups -OCH3 is 1. The average molecular weight is 241 g/mol. The molecule has 0 aliphatic carbocycles. The van der Waals surface area contributed by atoms with Crippen LogP contribution in [0.15, 0.2) is 0 Å². The lowest BCUT2D eigenvalue weighted by Crippen LogP contribution is -2.26. The predicted octanol–water partition coefficient (Wildman–Crippen LogP) is 0.372.